The lowest BCUT2D eigenvalue weighted by molar-refractivity contribution is 0.294. The number of benzene rings is 1. The molecule has 19 heavy (non-hydrogen) atoms. The Morgan fingerprint density at radius 2 is 2.26 bits per heavy atom. The lowest BCUT2D eigenvalue weighted by Gasteiger charge is -2.13. The molecule has 0 unspecified atom stereocenters. The van der Waals surface area contributed by atoms with E-state index >= 15 is 0 Å². The van der Waals surface area contributed by atoms with E-state index in [0.29, 0.717) is 18.2 Å². The van der Waals surface area contributed by atoms with Crippen molar-refractivity contribution in [2.24, 2.45) is 5.73 Å². The maximum Gasteiger partial charge on any atom is 0.124 e. The van der Waals surface area contributed by atoms with Gasteiger partial charge in [0.1, 0.15) is 18.2 Å². The van der Waals surface area contributed by atoms with Crippen molar-refractivity contribution in [2.75, 3.05) is 13.2 Å². The maximum absolute atomic E-state index is 6.16. The molecule has 2 aromatic rings. The Labute approximate surface area is 118 Å². The third-order valence-electron chi connectivity index (χ3n) is 2.98. The van der Waals surface area contributed by atoms with Crippen LogP contribution in [0.3, 0.4) is 0 Å². The highest BCUT2D eigenvalue weighted by molar-refractivity contribution is 6.31. The van der Waals surface area contributed by atoms with Crippen molar-refractivity contribution < 1.29 is 4.74 Å². The quantitative estimate of drug-likeness (QED) is 0.883. The van der Waals surface area contributed by atoms with Crippen molar-refractivity contribution in [1.82, 2.24) is 9.55 Å². The molecular weight excluding hydrogens is 262 g/mol. The molecule has 0 atom stereocenters. The molecule has 4 nitrogen and oxygen atoms in total. The van der Waals surface area contributed by atoms with Crippen LogP contribution in [-0.4, -0.2) is 22.7 Å². The van der Waals surface area contributed by atoms with Gasteiger partial charge in [0, 0.05) is 23.0 Å². The molecule has 0 bridgehead atoms. The summed E-state index contributed by atoms with van der Waals surface area (Å²) in [5.74, 6) is 1.80. The highest BCUT2D eigenvalue weighted by Gasteiger charge is 2.07. The summed E-state index contributed by atoms with van der Waals surface area (Å²) < 4.78 is 7.86. The summed E-state index contributed by atoms with van der Waals surface area (Å²) in [6.07, 6.45) is 4.45. The van der Waals surface area contributed by atoms with Crippen LogP contribution in [0.4, 0.5) is 0 Å². The van der Waals surface area contributed by atoms with E-state index < -0.39 is 0 Å². The average molecular weight is 280 g/mol. The Hall–Kier alpha value is -1.52. The van der Waals surface area contributed by atoms with Crippen molar-refractivity contribution in [1.29, 1.82) is 0 Å². The lowest BCUT2D eigenvalue weighted by Crippen LogP contribution is -2.11. The van der Waals surface area contributed by atoms with Gasteiger partial charge in [0.15, 0.2) is 0 Å². The van der Waals surface area contributed by atoms with Crippen molar-refractivity contribution in [3.05, 3.63) is 47.0 Å². The SMILES string of the molecule is Cc1nccn1CCOc1cccc(Cl)c1CCN. The van der Waals surface area contributed by atoms with E-state index in [4.69, 9.17) is 22.1 Å². The van der Waals surface area contributed by atoms with Gasteiger partial charge < -0.3 is 15.0 Å². The number of ether oxygens (including phenoxy) is 1. The molecule has 0 aliphatic rings. The predicted octanol–water partition coefficient (Wildman–Crippen LogP) is 2.43. The molecule has 0 fully saturated rings. The van der Waals surface area contributed by atoms with E-state index in [9.17, 15) is 0 Å². The second kappa shape index (κ2) is 6.59. The molecule has 5 heteroatoms. The van der Waals surface area contributed by atoms with Crippen molar-refractivity contribution in [2.45, 2.75) is 19.9 Å². The zero-order chi connectivity index (χ0) is 13.7. The fourth-order valence-corrected chi connectivity index (χ4v) is 2.22. The Morgan fingerprint density at radius 3 is 2.95 bits per heavy atom. The topological polar surface area (TPSA) is 53.1 Å². The standard InChI is InChI=1S/C14H18ClN3O/c1-11-17-7-8-18(11)9-10-19-14-4-2-3-13(15)12(14)5-6-16/h2-4,7-8H,5-6,9-10,16H2,1H3. The summed E-state index contributed by atoms with van der Waals surface area (Å²) >= 11 is 6.16. The number of halogens is 1. The molecule has 2 N–H and O–H groups in total. The maximum atomic E-state index is 6.16. The van der Waals surface area contributed by atoms with Gasteiger partial charge in [-0.15, -0.1) is 0 Å². The summed E-state index contributed by atoms with van der Waals surface area (Å²) in [6.45, 7) is 3.87. The Kier molecular flexibility index (Phi) is 4.82. The first-order chi connectivity index (χ1) is 9.22. The third-order valence-corrected chi connectivity index (χ3v) is 3.34. The van der Waals surface area contributed by atoms with E-state index in [0.717, 1.165) is 30.1 Å². The van der Waals surface area contributed by atoms with Crippen molar-refractivity contribution >= 4 is 11.6 Å². The van der Waals surface area contributed by atoms with Gasteiger partial charge in [-0.1, -0.05) is 17.7 Å². The summed E-state index contributed by atoms with van der Waals surface area (Å²) in [7, 11) is 0. The number of rotatable bonds is 6. The Bertz CT molecular complexity index is 539. The fraction of sp³-hybridized carbons (Fsp3) is 0.357. The second-order valence-electron chi connectivity index (χ2n) is 4.27. The molecule has 0 aliphatic carbocycles. The van der Waals surface area contributed by atoms with E-state index in [-0.39, 0.29) is 0 Å². The van der Waals surface area contributed by atoms with Gasteiger partial charge in [-0.05, 0) is 32.0 Å². The zero-order valence-corrected chi connectivity index (χ0v) is 11.7. The van der Waals surface area contributed by atoms with Crippen LogP contribution in [0.15, 0.2) is 30.6 Å². The molecule has 0 aliphatic heterocycles. The highest BCUT2D eigenvalue weighted by atomic mass is 35.5. The predicted molar refractivity (Wildman–Crippen MR) is 76.7 cm³/mol. The van der Waals surface area contributed by atoms with Crippen LogP contribution in [0.1, 0.15) is 11.4 Å². The van der Waals surface area contributed by atoms with Crippen LogP contribution >= 0.6 is 11.6 Å². The summed E-state index contributed by atoms with van der Waals surface area (Å²) in [4.78, 5) is 4.17. The van der Waals surface area contributed by atoms with Gasteiger partial charge in [0.25, 0.3) is 0 Å². The van der Waals surface area contributed by atoms with Crippen molar-refractivity contribution in [3.63, 3.8) is 0 Å². The van der Waals surface area contributed by atoms with Crippen LogP contribution in [0.5, 0.6) is 5.75 Å². The number of hydrogen-bond donors (Lipinski definition) is 1. The Morgan fingerprint density at radius 1 is 1.42 bits per heavy atom. The Balaban J connectivity index is 1.99. The first-order valence-electron chi connectivity index (χ1n) is 6.30. The molecule has 2 rings (SSSR count). The van der Waals surface area contributed by atoms with Crippen LogP contribution < -0.4 is 10.5 Å². The van der Waals surface area contributed by atoms with E-state index in [1.165, 1.54) is 0 Å². The van der Waals surface area contributed by atoms with Crippen LogP contribution in [0.25, 0.3) is 0 Å². The van der Waals surface area contributed by atoms with Gasteiger partial charge in [-0.3, -0.25) is 0 Å². The van der Waals surface area contributed by atoms with Gasteiger partial charge in [0.05, 0.1) is 6.54 Å². The number of aromatic nitrogens is 2. The zero-order valence-electron chi connectivity index (χ0n) is 11.0. The molecule has 1 aromatic heterocycles. The van der Waals surface area contributed by atoms with Gasteiger partial charge >= 0.3 is 0 Å². The summed E-state index contributed by atoms with van der Waals surface area (Å²) in [5.41, 5.74) is 6.58. The lowest BCUT2D eigenvalue weighted by atomic mass is 10.1. The minimum Gasteiger partial charge on any atom is -0.491 e. The number of imidazole rings is 1. The molecule has 1 heterocycles. The first-order valence-corrected chi connectivity index (χ1v) is 6.68. The highest BCUT2D eigenvalue weighted by Crippen LogP contribution is 2.26. The number of nitrogens with two attached hydrogens (primary N) is 1. The number of nitrogens with zero attached hydrogens (tertiary/aromatic N) is 2. The molecule has 0 amide bonds. The molecule has 102 valence electrons. The number of aryl methyl sites for hydroxylation is 1. The van der Waals surface area contributed by atoms with Crippen LogP contribution in [-0.2, 0) is 13.0 Å². The minimum absolute atomic E-state index is 0.556. The monoisotopic (exact) mass is 279 g/mol. The fourth-order valence-electron chi connectivity index (χ4n) is 1.96. The third kappa shape index (κ3) is 3.49. The van der Waals surface area contributed by atoms with Gasteiger partial charge in [-0.2, -0.15) is 0 Å². The average Bonchev–Trinajstić information content (AvgIpc) is 2.79. The largest absolute Gasteiger partial charge is 0.491 e. The van der Waals surface area contributed by atoms with Crippen LogP contribution in [0.2, 0.25) is 5.02 Å². The smallest absolute Gasteiger partial charge is 0.124 e. The van der Waals surface area contributed by atoms with Gasteiger partial charge in [-0.25, -0.2) is 4.98 Å². The molecule has 1 aromatic carbocycles. The van der Waals surface area contributed by atoms with Crippen LogP contribution in [0, 0.1) is 6.92 Å². The van der Waals surface area contributed by atoms with E-state index in [1.54, 1.807) is 6.20 Å². The van der Waals surface area contributed by atoms with Gasteiger partial charge in [0.2, 0.25) is 0 Å². The number of hydrogen-bond acceptors (Lipinski definition) is 3. The normalized spacial score (nSPS) is 10.7. The molecule has 0 spiro atoms. The van der Waals surface area contributed by atoms with Crippen molar-refractivity contribution in [3.8, 4) is 5.75 Å². The molecular formula is C14H18ClN3O. The van der Waals surface area contributed by atoms with E-state index in [2.05, 4.69) is 4.98 Å². The summed E-state index contributed by atoms with van der Waals surface area (Å²) in [6, 6.07) is 5.68. The molecule has 0 saturated carbocycles. The molecule has 0 saturated heterocycles. The van der Waals surface area contributed by atoms with E-state index in [1.807, 2.05) is 35.9 Å². The minimum atomic E-state index is 0.556. The molecule has 0 radical (unpaired) electrons. The first kappa shape index (κ1) is 13.9. The second-order valence-corrected chi connectivity index (χ2v) is 4.68. The summed E-state index contributed by atoms with van der Waals surface area (Å²) in [5, 5.41) is 0.710.